The van der Waals surface area contributed by atoms with E-state index in [0.29, 0.717) is 6.42 Å². The molecule has 0 aromatic carbocycles. The predicted octanol–water partition coefficient (Wildman–Crippen LogP) is 1.11. The fourth-order valence-electron chi connectivity index (χ4n) is 0.471. The minimum Gasteiger partial charge on any atom is -0.396 e. The molecule has 62 valence electrons. The summed E-state index contributed by atoms with van der Waals surface area (Å²) < 4.78 is 4.24. The van der Waals surface area contributed by atoms with Crippen LogP contribution in [0.25, 0.3) is 0 Å². The zero-order valence-corrected chi connectivity index (χ0v) is 7.01. The smallest absolute Gasteiger partial charge is 0.289 e. The van der Waals surface area contributed by atoms with Crippen molar-refractivity contribution in [2.75, 3.05) is 11.5 Å². The molecule has 11 heavy (non-hydrogen) atoms. The number of aliphatic hydroxyl groups is 1. The first-order chi connectivity index (χ1) is 5.31. The van der Waals surface area contributed by atoms with Crippen LogP contribution in [0.4, 0.5) is 0 Å². The van der Waals surface area contributed by atoms with Gasteiger partial charge in [0.15, 0.2) is 0 Å². The largest absolute Gasteiger partial charge is 0.396 e. The normalized spacial score (nSPS) is 11.6. The highest BCUT2D eigenvalue weighted by atomic mass is 32.2. The van der Waals surface area contributed by atoms with Gasteiger partial charge in [-0.2, -0.15) is 17.0 Å². The third-order valence-corrected chi connectivity index (χ3v) is 1.93. The second kappa shape index (κ2) is 7.45. The second-order valence-electron chi connectivity index (χ2n) is 1.82. The molecule has 1 N–H and O–H groups in total. The zero-order chi connectivity index (χ0) is 8.53. The molecule has 0 fully saturated rings. The van der Waals surface area contributed by atoms with Crippen LogP contribution in [0, 0.1) is 11.5 Å². The van der Waals surface area contributed by atoms with Crippen molar-refractivity contribution in [2.45, 2.75) is 12.7 Å². The number of thioether (sulfide) groups is 1. The Morgan fingerprint density at radius 3 is 3.09 bits per heavy atom. The molecule has 0 aliphatic carbocycles. The lowest BCUT2D eigenvalue weighted by atomic mass is 10.5. The number of hydrogen-bond acceptors (Lipinski definition) is 4. The van der Waals surface area contributed by atoms with Crippen LogP contribution >= 0.6 is 11.8 Å². The van der Waals surface area contributed by atoms with Gasteiger partial charge in [0, 0.05) is 12.2 Å². The molecular formula is C7H11NO2S. The van der Waals surface area contributed by atoms with Crippen molar-refractivity contribution in [2.24, 2.45) is 0 Å². The lowest BCUT2D eigenvalue weighted by Crippen LogP contribution is -2.09. The summed E-state index contributed by atoms with van der Waals surface area (Å²) in [6, 6.07) is 0. The quantitative estimate of drug-likeness (QED) is 0.283. The molecule has 0 amide bonds. The van der Waals surface area contributed by atoms with E-state index in [9.17, 15) is 0 Å². The van der Waals surface area contributed by atoms with Crippen LogP contribution in [0.2, 0.25) is 0 Å². The third-order valence-electron chi connectivity index (χ3n) is 0.934. The van der Waals surface area contributed by atoms with E-state index < -0.39 is 6.29 Å². The second-order valence-corrected chi connectivity index (χ2v) is 2.97. The number of nitrogens with zero attached hydrogens (tertiary/aromatic N) is 1. The number of hydrogen-bond donors (Lipinski definition) is 1. The van der Waals surface area contributed by atoms with Gasteiger partial charge in [0.2, 0.25) is 6.29 Å². The van der Waals surface area contributed by atoms with Gasteiger partial charge in [-0.15, -0.1) is 6.58 Å². The van der Waals surface area contributed by atoms with Gasteiger partial charge in [-0.25, -0.2) is 0 Å². The van der Waals surface area contributed by atoms with Crippen molar-refractivity contribution in [3.05, 3.63) is 12.7 Å². The van der Waals surface area contributed by atoms with E-state index in [1.165, 1.54) is 6.26 Å². The molecule has 0 aromatic rings. The van der Waals surface area contributed by atoms with Crippen LogP contribution in [-0.4, -0.2) is 22.9 Å². The van der Waals surface area contributed by atoms with Crippen molar-refractivity contribution in [3.8, 4) is 6.26 Å². The molecule has 0 saturated heterocycles. The summed E-state index contributed by atoms with van der Waals surface area (Å²) in [4.78, 5) is 0. The Balaban J connectivity index is 3.11. The molecule has 3 nitrogen and oxygen atoms in total. The highest BCUT2D eigenvalue weighted by Gasteiger charge is 2.01. The van der Waals surface area contributed by atoms with Crippen molar-refractivity contribution >= 4 is 11.8 Å². The summed E-state index contributed by atoms with van der Waals surface area (Å²) in [7, 11) is 0. The number of nitriles is 1. The molecule has 0 bridgehead atoms. The number of aliphatic hydroxyl groups excluding tert-OH is 1. The molecule has 0 heterocycles. The van der Waals surface area contributed by atoms with E-state index in [-0.39, 0.29) is 0 Å². The summed E-state index contributed by atoms with van der Waals surface area (Å²) >= 11 is 1.64. The number of ether oxygens (including phenoxy) is 1. The van der Waals surface area contributed by atoms with Crippen molar-refractivity contribution in [1.29, 1.82) is 5.26 Å². The topological polar surface area (TPSA) is 53.2 Å². The first-order valence-corrected chi connectivity index (χ1v) is 4.38. The maximum Gasteiger partial charge on any atom is 0.289 e. The van der Waals surface area contributed by atoms with Gasteiger partial charge in [-0.1, -0.05) is 6.08 Å². The molecule has 0 rings (SSSR count). The highest BCUT2D eigenvalue weighted by molar-refractivity contribution is 7.99. The fraction of sp³-hybridized carbons (Fsp3) is 0.571. The monoisotopic (exact) mass is 173 g/mol. The zero-order valence-electron chi connectivity index (χ0n) is 6.19. The van der Waals surface area contributed by atoms with Crippen LogP contribution in [0.15, 0.2) is 12.7 Å². The summed E-state index contributed by atoms with van der Waals surface area (Å²) in [5.74, 6) is 1.63. The maximum absolute atomic E-state index is 8.86. The Kier molecular flexibility index (Phi) is 7.00. The summed E-state index contributed by atoms with van der Waals surface area (Å²) in [6.45, 7) is 3.55. The molecule has 1 atom stereocenters. The lowest BCUT2D eigenvalue weighted by molar-refractivity contribution is -0.0425. The molecule has 0 saturated carbocycles. The van der Waals surface area contributed by atoms with E-state index >= 15 is 0 Å². The van der Waals surface area contributed by atoms with Gasteiger partial charge >= 0.3 is 0 Å². The van der Waals surface area contributed by atoms with Crippen molar-refractivity contribution < 1.29 is 9.84 Å². The van der Waals surface area contributed by atoms with Gasteiger partial charge in [0.25, 0.3) is 6.26 Å². The van der Waals surface area contributed by atoms with Gasteiger partial charge in [-0.3, -0.25) is 0 Å². The molecule has 0 aliphatic rings. The van der Waals surface area contributed by atoms with E-state index in [1.54, 1.807) is 17.8 Å². The molecule has 0 aliphatic heterocycles. The summed E-state index contributed by atoms with van der Waals surface area (Å²) in [5.41, 5.74) is 0. The molecule has 1 unspecified atom stereocenters. The average Bonchev–Trinajstić information content (AvgIpc) is 1.99. The van der Waals surface area contributed by atoms with Gasteiger partial charge in [0.05, 0.1) is 0 Å². The van der Waals surface area contributed by atoms with E-state index in [1.807, 2.05) is 0 Å². The average molecular weight is 173 g/mol. The van der Waals surface area contributed by atoms with Crippen LogP contribution in [-0.2, 0) is 4.74 Å². The standard InChI is InChI=1S/C7H11NO2S/c1-2-4-11-5-3-7(9)10-6-8/h2,7,9H,1,3-5H2. The maximum atomic E-state index is 8.86. The van der Waals surface area contributed by atoms with Crippen LogP contribution < -0.4 is 0 Å². The minimum absolute atomic E-state index is 0.478. The third kappa shape index (κ3) is 7.23. The molecular weight excluding hydrogens is 162 g/mol. The van der Waals surface area contributed by atoms with Gasteiger partial charge in [-0.05, 0) is 5.75 Å². The van der Waals surface area contributed by atoms with E-state index in [4.69, 9.17) is 10.4 Å². The summed E-state index contributed by atoms with van der Waals surface area (Å²) in [6.07, 6.45) is 2.75. The Labute approximate surface area is 70.7 Å². The Bertz CT molecular complexity index is 144. The molecule has 0 spiro atoms. The van der Waals surface area contributed by atoms with Crippen molar-refractivity contribution in [3.63, 3.8) is 0 Å². The molecule has 0 aromatic heterocycles. The summed E-state index contributed by atoms with van der Waals surface area (Å²) in [5, 5.41) is 16.8. The Hall–Kier alpha value is -0.660. The Morgan fingerprint density at radius 1 is 1.82 bits per heavy atom. The van der Waals surface area contributed by atoms with Gasteiger partial charge < -0.3 is 9.84 Å². The minimum atomic E-state index is -0.947. The van der Waals surface area contributed by atoms with E-state index in [2.05, 4.69) is 11.3 Å². The van der Waals surface area contributed by atoms with Crippen LogP contribution in [0.1, 0.15) is 6.42 Å². The lowest BCUT2D eigenvalue weighted by Gasteiger charge is -2.04. The van der Waals surface area contributed by atoms with Crippen molar-refractivity contribution in [1.82, 2.24) is 0 Å². The van der Waals surface area contributed by atoms with Gasteiger partial charge in [0.1, 0.15) is 0 Å². The van der Waals surface area contributed by atoms with Crippen LogP contribution in [0.5, 0.6) is 0 Å². The predicted molar refractivity (Wildman–Crippen MR) is 44.8 cm³/mol. The SMILES string of the molecule is C=CCSCCC(O)OC#N. The molecule has 0 radical (unpaired) electrons. The van der Waals surface area contributed by atoms with E-state index in [0.717, 1.165) is 11.5 Å². The number of rotatable bonds is 6. The first-order valence-electron chi connectivity index (χ1n) is 3.22. The Morgan fingerprint density at radius 2 is 2.55 bits per heavy atom. The fourth-order valence-corrected chi connectivity index (χ4v) is 1.17. The molecule has 4 heteroatoms. The first kappa shape index (κ1) is 10.3. The van der Waals surface area contributed by atoms with Crippen LogP contribution in [0.3, 0.4) is 0 Å². The highest BCUT2D eigenvalue weighted by Crippen LogP contribution is 2.04.